The molecule has 0 aromatic carbocycles. The highest BCUT2D eigenvalue weighted by Crippen LogP contribution is 2.38. The molecule has 0 bridgehead atoms. The van der Waals surface area contributed by atoms with Crippen molar-refractivity contribution in [1.29, 1.82) is 0 Å². The molecule has 1 nitrogen and oxygen atoms in total. The fraction of sp³-hybridized carbons (Fsp3) is 0.714. The van der Waals surface area contributed by atoms with Gasteiger partial charge in [-0.3, -0.25) is 0 Å². The summed E-state index contributed by atoms with van der Waals surface area (Å²) in [6.45, 7) is 3.27. The lowest BCUT2D eigenvalue weighted by Gasteiger charge is -2.26. The summed E-state index contributed by atoms with van der Waals surface area (Å²) in [5.41, 5.74) is 0. The molecule has 1 atom stereocenters. The van der Waals surface area contributed by atoms with E-state index in [0.29, 0.717) is 6.04 Å². The van der Waals surface area contributed by atoms with Crippen LogP contribution in [-0.4, -0.2) is 6.54 Å². The molecule has 0 spiro atoms. The molecule has 2 rings (SSSR count). The predicted molar refractivity (Wildman–Crippen MR) is 79.6 cm³/mol. The Labute approximate surface area is 117 Å². The predicted octanol–water partition coefficient (Wildman–Crippen LogP) is 5.13. The summed E-state index contributed by atoms with van der Waals surface area (Å²) in [5, 5.41) is 5.90. The molecule has 1 heterocycles. The lowest BCUT2D eigenvalue weighted by molar-refractivity contribution is 0.333. The molecule has 3 heteroatoms. The average Bonchev–Trinajstić information content (AvgIpc) is 2.60. The van der Waals surface area contributed by atoms with Crippen LogP contribution >= 0.6 is 27.3 Å². The van der Waals surface area contributed by atoms with E-state index in [2.05, 4.69) is 39.6 Å². The average molecular weight is 316 g/mol. The van der Waals surface area contributed by atoms with Crippen LogP contribution in [0.1, 0.15) is 56.4 Å². The largest absolute Gasteiger partial charge is 0.309 e. The van der Waals surface area contributed by atoms with Gasteiger partial charge in [-0.1, -0.05) is 32.6 Å². The lowest BCUT2D eigenvalue weighted by atomic mass is 9.91. The lowest BCUT2D eigenvalue weighted by Crippen LogP contribution is -2.27. The normalized spacial score (nSPS) is 20.1. The molecule has 1 aromatic heterocycles. The molecule has 1 saturated carbocycles. The van der Waals surface area contributed by atoms with Gasteiger partial charge in [-0.25, -0.2) is 0 Å². The van der Waals surface area contributed by atoms with Crippen molar-refractivity contribution < 1.29 is 0 Å². The smallest absolute Gasteiger partial charge is 0.0454 e. The summed E-state index contributed by atoms with van der Waals surface area (Å²) < 4.78 is 1.29. The SMILES string of the molecule is CCNC(c1sccc1Br)C1CCCCCC1. The highest BCUT2D eigenvalue weighted by atomic mass is 79.9. The molecule has 17 heavy (non-hydrogen) atoms. The van der Waals surface area contributed by atoms with Gasteiger partial charge in [0, 0.05) is 15.4 Å². The minimum absolute atomic E-state index is 0.562. The summed E-state index contributed by atoms with van der Waals surface area (Å²) in [5.74, 6) is 0.826. The monoisotopic (exact) mass is 315 g/mol. The van der Waals surface area contributed by atoms with Crippen molar-refractivity contribution in [2.45, 2.75) is 51.5 Å². The van der Waals surface area contributed by atoms with E-state index in [1.165, 1.54) is 47.9 Å². The Kier molecular flexibility index (Phi) is 5.51. The third-order valence-corrected chi connectivity index (χ3v) is 5.68. The molecule has 1 fully saturated rings. The Morgan fingerprint density at radius 2 is 2.06 bits per heavy atom. The summed E-state index contributed by atoms with van der Waals surface area (Å²) in [4.78, 5) is 1.50. The quantitative estimate of drug-likeness (QED) is 0.759. The molecule has 1 unspecified atom stereocenters. The van der Waals surface area contributed by atoms with Gasteiger partial charge in [-0.15, -0.1) is 11.3 Å². The molecular formula is C14H22BrNS. The first-order chi connectivity index (χ1) is 8.33. The van der Waals surface area contributed by atoms with Crippen LogP contribution < -0.4 is 5.32 Å². The molecule has 96 valence electrons. The third kappa shape index (κ3) is 3.55. The molecular weight excluding hydrogens is 294 g/mol. The van der Waals surface area contributed by atoms with E-state index in [1.54, 1.807) is 0 Å². The number of hydrogen-bond acceptors (Lipinski definition) is 2. The maximum absolute atomic E-state index is 3.70. The van der Waals surface area contributed by atoms with Gasteiger partial charge in [-0.05, 0) is 52.7 Å². The van der Waals surface area contributed by atoms with Crippen molar-refractivity contribution >= 4 is 27.3 Å². The second-order valence-corrected chi connectivity index (χ2v) is 6.72. The number of rotatable bonds is 4. The molecule has 1 N–H and O–H groups in total. The zero-order valence-electron chi connectivity index (χ0n) is 10.5. The molecule has 1 aliphatic carbocycles. The van der Waals surface area contributed by atoms with E-state index in [9.17, 15) is 0 Å². The number of thiophene rings is 1. The van der Waals surface area contributed by atoms with Crippen LogP contribution in [0.2, 0.25) is 0 Å². The molecule has 0 saturated heterocycles. The first-order valence-electron chi connectivity index (χ1n) is 6.79. The van der Waals surface area contributed by atoms with Gasteiger partial charge in [0.2, 0.25) is 0 Å². The van der Waals surface area contributed by atoms with E-state index in [-0.39, 0.29) is 0 Å². The number of nitrogens with one attached hydrogen (secondary N) is 1. The van der Waals surface area contributed by atoms with Gasteiger partial charge in [-0.2, -0.15) is 0 Å². The Bertz CT molecular complexity index is 329. The topological polar surface area (TPSA) is 12.0 Å². The third-order valence-electron chi connectivity index (χ3n) is 3.72. The zero-order valence-corrected chi connectivity index (χ0v) is 12.9. The molecule has 1 aliphatic rings. The standard InChI is InChI=1S/C14H22BrNS/c1-2-16-13(14-12(15)9-10-17-14)11-7-5-3-4-6-8-11/h9-11,13,16H,2-8H2,1H3. The van der Waals surface area contributed by atoms with Crippen LogP contribution in [0.3, 0.4) is 0 Å². The first-order valence-corrected chi connectivity index (χ1v) is 8.46. The maximum Gasteiger partial charge on any atom is 0.0454 e. The van der Waals surface area contributed by atoms with Crippen molar-refractivity contribution in [2.75, 3.05) is 6.54 Å². The van der Waals surface area contributed by atoms with Crippen molar-refractivity contribution in [3.63, 3.8) is 0 Å². The summed E-state index contributed by atoms with van der Waals surface area (Å²) >= 11 is 5.58. The highest BCUT2D eigenvalue weighted by molar-refractivity contribution is 9.10. The molecule has 0 radical (unpaired) electrons. The highest BCUT2D eigenvalue weighted by Gasteiger charge is 2.25. The molecule has 1 aromatic rings. The van der Waals surface area contributed by atoms with Gasteiger partial charge in [0.25, 0.3) is 0 Å². The van der Waals surface area contributed by atoms with Crippen LogP contribution in [0.15, 0.2) is 15.9 Å². The van der Waals surface area contributed by atoms with Crippen LogP contribution in [0.25, 0.3) is 0 Å². The number of hydrogen-bond donors (Lipinski definition) is 1. The van der Waals surface area contributed by atoms with Crippen LogP contribution in [0.4, 0.5) is 0 Å². The van der Waals surface area contributed by atoms with Gasteiger partial charge in [0.05, 0.1) is 0 Å². The van der Waals surface area contributed by atoms with Crippen LogP contribution in [-0.2, 0) is 0 Å². The van der Waals surface area contributed by atoms with Gasteiger partial charge in [0.1, 0.15) is 0 Å². The van der Waals surface area contributed by atoms with Crippen LogP contribution in [0, 0.1) is 5.92 Å². The zero-order chi connectivity index (χ0) is 12.1. The van der Waals surface area contributed by atoms with Gasteiger partial charge >= 0.3 is 0 Å². The Morgan fingerprint density at radius 3 is 2.59 bits per heavy atom. The minimum atomic E-state index is 0.562. The Hall–Kier alpha value is 0.140. The fourth-order valence-electron chi connectivity index (χ4n) is 2.86. The van der Waals surface area contributed by atoms with E-state index in [4.69, 9.17) is 0 Å². The Morgan fingerprint density at radius 1 is 1.35 bits per heavy atom. The van der Waals surface area contributed by atoms with Crippen LogP contribution in [0.5, 0.6) is 0 Å². The maximum atomic E-state index is 3.70. The number of halogens is 1. The van der Waals surface area contributed by atoms with Crippen molar-refractivity contribution in [1.82, 2.24) is 5.32 Å². The van der Waals surface area contributed by atoms with E-state index >= 15 is 0 Å². The van der Waals surface area contributed by atoms with Crippen molar-refractivity contribution in [3.8, 4) is 0 Å². The second-order valence-electron chi connectivity index (χ2n) is 4.92. The molecule has 0 amide bonds. The summed E-state index contributed by atoms with van der Waals surface area (Å²) in [7, 11) is 0. The van der Waals surface area contributed by atoms with Crippen molar-refractivity contribution in [3.05, 3.63) is 20.8 Å². The first kappa shape index (κ1) is 13.6. The molecule has 0 aliphatic heterocycles. The van der Waals surface area contributed by atoms with E-state index < -0.39 is 0 Å². The second kappa shape index (κ2) is 6.91. The minimum Gasteiger partial charge on any atom is -0.309 e. The van der Waals surface area contributed by atoms with Gasteiger partial charge < -0.3 is 5.32 Å². The summed E-state index contributed by atoms with van der Waals surface area (Å²) in [6, 6.07) is 2.74. The fourth-order valence-corrected chi connectivity index (χ4v) is 4.65. The van der Waals surface area contributed by atoms with E-state index in [0.717, 1.165) is 12.5 Å². The summed E-state index contributed by atoms with van der Waals surface area (Å²) in [6.07, 6.45) is 8.47. The van der Waals surface area contributed by atoms with E-state index in [1.807, 2.05) is 11.3 Å². The van der Waals surface area contributed by atoms with Gasteiger partial charge in [0.15, 0.2) is 0 Å². The Balaban J connectivity index is 2.13. The van der Waals surface area contributed by atoms with Crippen molar-refractivity contribution in [2.24, 2.45) is 5.92 Å².